The summed E-state index contributed by atoms with van der Waals surface area (Å²) in [6.07, 6.45) is 0.713. The number of benzene rings is 1. The lowest BCUT2D eigenvalue weighted by molar-refractivity contribution is -0.139. The van der Waals surface area contributed by atoms with Gasteiger partial charge in [-0.1, -0.05) is 12.1 Å². The summed E-state index contributed by atoms with van der Waals surface area (Å²) in [5.74, 6) is -0.996. The maximum absolute atomic E-state index is 10.7. The Morgan fingerprint density at radius 3 is 2.28 bits per heavy atom. The molecule has 0 spiro atoms. The second-order valence-corrected chi connectivity index (χ2v) is 6.18. The Hall–Kier alpha value is -1.04. The summed E-state index contributed by atoms with van der Waals surface area (Å²) in [7, 11) is -3.97. The summed E-state index contributed by atoms with van der Waals surface area (Å²) >= 11 is 0. The predicted molar refractivity (Wildman–Crippen MR) is 66.1 cm³/mol. The standard InChI is InChI=1S/C11H14NO5P/c12-10(11(13)14)9-5-8(9)6-1-3-7(4-2-6)18(15,16)17/h1-4,8-10,15-17H,5,12H2/p+1/t8?,9?,10-/m0/s1. The van der Waals surface area contributed by atoms with Crippen LogP contribution in [0.5, 0.6) is 0 Å². The Morgan fingerprint density at radius 1 is 1.28 bits per heavy atom. The van der Waals surface area contributed by atoms with Gasteiger partial charge in [-0.3, -0.25) is 4.79 Å². The number of hydrogen-bond donors (Lipinski definition) is 5. The van der Waals surface area contributed by atoms with Gasteiger partial charge in [-0.05, 0) is 36.0 Å². The van der Waals surface area contributed by atoms with Gasteiger partial charge < -0.3 is 10.8 Å². The van der Waals surface area contributed by atoms with Crippen molar-refractivity contribution in [3.05, 3.63) is 29.8 Å². The molecule has 0 saturated heterocycles. The number of carboxylic acid groups (broad SMARTS) is 1. The van der Waals surface area contributed by atoms with Gasteiger partial charge in [-0.2, -0.15) is 14.7 Å². The van der Waals surface area contributed by atoms with Crippen LogP contribution in [0.3, 0.4) is 0 Å². The topological polar surface area (TPSA) is 124 Å². The fourth-order valence-corrected chi connectivity index (χ4v) is 2.65. The molecule has 1 fully saturated rings. The second kappa shape index (κ2) is 4.57. The van der Waals surface area contributed by atoms with Gasteiger partial charge in [0.1, 0.15) is 6.04 Å². The van der Waals surface area contributed by atoms with Crippen LogP contribution in [-0.2, 0) is 4.79 Å². The lowest BCUT2D eigenvalue weighted by Gasteiger charge is -2.06. The molecule has 0 amide bonds. The van der Waals surface area contributed by atoms with E-state index in [4.69, 9.17) is 25.5 Å². The van der Waals surface area contributed by atoms with E-state index >= 15 is 0 Å². The first kappa shape index (κ1) is 13.4. The molecule has 0 heterocycles. The fraction of sp³-hybridized carbons (Fsp3) is 0.364. The molecule has 0 bridgehead atoms. The minimum Gasteiger partial charge on any atom is -0.480 e. The SMILES string of the molecule is N[C@H](C(=O)O)C1CC1c1ccc([P+](O)(O)O)cc1. The van der Waals surface area contributed by atoms with Crippen LogP contribution in [0.25, 0.3) is 0 Å². The summed E-state index contributed by atoms with van der Waals surface area (Å²) in [4.78, 5) is 37.9. The Morgan fingerprint density at radius 2 is 1.83 bits per heavy atom. The third-order valence-electron chi connectivity index (χ3n) is 3.25. The maximum Gasteiger partial charge on any atom is 0.440 e. The van der Waals surface area contributed by atoms with Gasteiger partial charge in [0.15, 0.2) is 5.30 Å². The van der Waals surface area contributed by atoms with E-state index in [9.17, 15) is 4.79 Å². The number of carboxylic acids is 1. The molecule has 0 aromatic heterocycles. The molecule has 1 aromatic carbocycles. The van der Waals surface area contributed by atoms with E-state index in [0.29, 0.717) is 6.42 Å². The average molecular weight is 272 g/mol. The van der Waals surface area contributed by atoms with Crippen molar-refractivity contribution in [2.75, 3.05) is 0 Å². The van der Waals surface area contributed by atoms with Gasteiger partial charge in [-0.15, -0.1) is 0 Å². The molecule has 0 aliphatic heterocycles. The highest BCUT2D eigenvalue weighted by atomic mass is 31.2. The molecule has 0 radical (unpaired) electrons. The summed E-state index contributed by atoms with van der Waals surface area (Å²) in [6, 6.07) is 5.32. The first-order chi connectivity index (χ1) is 8.30. The molecule has 7 heteroatoms. The fourth-order valence-electron chi connectivity index (χ4n) is 2.10. The molecule has 1 aromatic rings. The average Bonchev–Trinajstić information content (AvgIpc) is 3.07. The van der Waals surface area contributed by atoms with Crippen molar-refractivity contribution in [2.45, 2.75) is 18.4 Å². The molecule has 6 nitrogen and oxygen atoms in total. The van der Waals surface area contributed by atoms with Crippen LogP contribution in [0.4, 0.5) is 0 Å². The third-order valence-corrected chi connectivity index (χ3v) is 4.24. The lowest BCUT2D eigenvalue weighted by atomic mass is 10.1. The van der Waals surface area contributed by atoms with E-state index in [2.05, 4.69) is 0 Å². The molecule has 1 saturated carbocycles. The summed E-state index contributed by atoms with van der Waals surface area (Å²) in [5, 5.41) is 8.86. The second-order valence-electron chi connectivity index (χ2n) is 4.53. The van der Waals surface area contributed by atoms with Crippen molar-refractivity contribution >= 4 is 19.2 Å². The van der Waals surface area contributed by atoms with E-state index in [1.165, 1.54) is 12.1 Å². The van der Waals surface area contributed by atoms with Crippen molar-refractivity contribution in [2.24, 2.45) is 11.7 Å². The number of rotatable bonds is 4. The third kappa shape index (κ3) is 2.68. The van der Waals surface area contributed by atoms with Crippen LogP contribution in [0.1, 0.15) is 17.9 Å². The van der Waals surface area contributed by atoms with Gasteiger partial charge in [0.25, 0.3) is 0 Å². The molecule has 98 valence electrons. The summed E-state index contributed by atoms with van der Waals surface area (Å²) in [5.41, 5.74) is 6.43. The number of nitrogens with two attached hydrogens (primary N) is 1. The highest BCUT2D eigenvalue weighted by molar-refractivity contribution is 7.66. The van der Waals surface area contributed by atoms with Gasteiger partial charge in [0.2, 0.25) is 0 Å². The van der Waals surface area contributed by atoms with Crippen LogP contribution >= 0.6 is 7.94 Å². The molecule has 3 atom stereocenters. The Labute approximate surface area is 104 Å². The molecule has 18 heavy (non-hydrogen) atoms. The molecule has 6 N–H and O–H groups in total. The first-order valence-electron chi connectivity index (χ1n) is 5.47. The van der Waals surface area contributed by atoms with E-state index < -0.39 is 20.0 Å². The Kier molecular flexibility index (Phi) is 3.40. The van der Waals surface area contributed by atoms with Gasteiger partial charge >= 0.3 is 13.9 Å². The largest absolute Gasteiger partial charge is 0.480 e. The lowest BCUT2D eigenvalue weighted by Crippen LogP contribution is -2.32. The van der Waals surface area contributed by atoms with Crippen LogP contribution < -0.4 is 11.0 Å². The molecular formula is C11H15NO5P+. The van der Waals surface area contributed by atoms with E-state index in [1.807, 2.05) is 0 Å². The molecule has 1 aliphatic rings. The number of carbonyl (C=O) groups is 1. The minimum absolute atomic E-state index is 0.0750. The molecule has 1 aliphatic carbocycles. The Bertz CT molecular complexity index is 455. The molecule has 2 unspecified atom stereocenters. The molecule has 2 rings (SSSR count). The highest BCUT2D eigenvalue weighted by Gasteiger charge is 2.45. The quantitative estimate of drug-likeness (QED) is 0.474. The monoisotopic (exact) mass is 272 g/mol. The van der Waals surface area contributed by atoms with E-state index in [-0.39, 0.29) is 17.1 Å². The summed E-state index contributed by atoms with van der Waals surface area (Å²) < 4.78 is 0. The smallest absolute Gasteiger partial charge is 0.440 e. The zero-order valence-electron chi connectivity index (χ0n) is 9.47. The van der Waals surface area contributed by atoms with Crippen molar-refractivity contribution in [3.8, 4) is 0 Å². The van der Waals surface area contributed by atoms with Crippen LogP contribution in [0.15, 0.2) is 24.3 Å². The van der Waals surface area contributed by atoms with Crippen LogP contribution in [0.2, 0.25) is 0 Å². The zero-order valence-corrected chi connectivity index (χ0v) is 10.4. The van der Waals surface area contributed by atoms with E-state index in [0.717, 1.165) is 5.56 Å². The Balaban J connectivity index is 2.07. The molecular weight excluding hydrogens is 257 g/mol. The first-order valence-corrected chi connectivity index (χ1v) is 7.11. The normalized spacial score (nSPS) is 24.7. The zero-order chi connectivity index (χ0) is 13.5. The maximum atomic E-state index is 10.7. The van der Waals surface area contributed by atoms with Gasteiger partial charge in [0, 0.05) is 0 Å². The predicted octanol–water partition coefficient (Wildman–Crippen LogP) is -0.433. The van der Waals surface area contributed by atoms with Crippen molar-refractivity contribution in [3.63, 3.8) is 0 Å². The van der Waals surface area contributed by atoms with E-state index in [1.54, 1.807) is 12.1 Å². The highest BCUT2D eigenvalue weighted by Crippen LogP contribution is 2.49. The minimum atomic E-state index is -3.97. The van der Waals surface area contributed by atoms with Crippen molar-refractivity contribution in [1.29, 1.82) is 0 Å². The van der Waals surface area contributed by atoms with Gasteiger partial charge in [-0.25, -0.2) is 0 Å². The van der Waals surface area contributed by atoms with Crippen LogP contribution in [0, 0.1) is 5.92 Å². The van der Waals surface area contributed by atoms with Crippen LogP contribution in [-0.4, -0.2) is 31.8 Å². The number of aliphatic carboxylic acids is 1. The van der Waals surface area contributed by atoms with Gasteiger partial charge in [0.05, 0.1) is 0 Å². The number of hydrogen-bond acceptors (Lipinski definition) is 5. The summed E-state index contributed by atoms with van der Waals surface area (Å²) in [6.45, 7) is 0. The van der Waals surface area contributed by atoms with Crippen molar-refractivity contribution in [1.82, 2.24) is 0 Å². The van der Waals surface area contributed by atoms with Crippen molar-refractivity contribution < 1.29 is 24.6 Å².